The molecule has 0 aliphatic carbocycles. The number of esters is 4. The molecule has 1 heterocycles. The quantitative estimate of drug-likeness (QED) is 0.375. The molecule has 9 heteroatoms. The van der Waals surface area contributed by atoms with Crippen molar-refractivity contribution in [1.29, 1.82) is 0 Å². The van der Waals surface area contributed by atoms with Crippen molar-refractivity contribution in [2.45, 2.75) is 58.2 Å². The average Bonchev–Trinajstić information content (AvgIpc) is 2.48. The van der Waals surface area contributed by atoms with Crippen LogP contribution < -0.4 is 0 Å². The van der Waals surface area contributed by atoms with Gasteiger partial charge in [0, 0.05) is 27.7 Å². The van der Waals surface area contributed by atoms with Gasteiger partial charge in [-0.15, -0.1) is 6.58 Å². The molecular weight excluding hydrogens is 336 g/mol. The molecule has 0 spiro atoms. The Morgan fingerprint density at radius 1 is 0.840 bits per heavy atom. The molecule has 1 aliphatic rings. The Morgan fingerprint density at radius 3 is 1.76 bits per heavy atom. The van der Waals surface area contributed by atoms with Crippen molar-refractivity contribution in [3.8, 4) is 0 Å². The van der Waals surface area contributed by atoms with Gasteiger partial charge in [0.2, 0.25) is 0 Å². The van der Waals surface area contributed by atoms with Crippen molar-refractivity contribution in [3.63, 3.8) is 0 Å². The van der Waals surface area contributed by atoms with Crippen LogP contribution in [0.1, 0.15) is 27.7 Å². The minimum Gasteiger partial charge on any atom is -0.463 e. The number of carbonyl (C=O) groups is 4. The normalized spacial score (nSPS) is 28.4. The Balaban J connectivity index is 3.20. The predicted molar refractivity (Wildman–Crippen MR) is 82.2 cm³/mol. The average molecular weight is 358 g/mol. The molecule has 1 rings (SSSR count). The predicted octanol–water partition coefficient (Wildman–Crippen LogP) is 0.298. The fourth-order valence-corrected chi connectivity index (χ4v) is 2.45. The highest BCUT2D eigenvalue weighted by atomic mass is 16.7. The van der Waals surface area contributed by atoms with Crippen molar-refractivity contribution < 1.29 is 42.9 Å². The SMILES string of the molecule is C=C[C@@H]1O[C@H](COC(C)=O)[C@@H](OC(C)=O)[C@H](OC(C)=O)[C@H]1OC(C)=O. The third-order valence-corrected chi connectivity index (χ3v) is 3.26. The molecule has 5 atom stereocenters. The van der Waals surface area contributed by atoms with Crippen LogP contribution in [0.5, 0.6) is 0 Å². The Labute approximate surface area is 145 Å². The highest BCUT2D eigenvalue weighted by Gasteiger charge is 2.51. The summed E-state index contributed by atoms with van der Waals surface area (Å²) in [6, 6.07) is 0. The van der Waals surface area contributed by atoms with E-state index in [1.54, 1.807) is 0 Å². The molecule has 0 aromatic heterocycles. The zero-order valence-electron chi connectivity index (χ0n) is 14.6. The van der Waals surface area contributed by atoms with Crippen LogP contribution in [0.3, 0.4) is 0 Å². The summed E-state index contributed by atoms with van der Waals surface area (Å²) in [4.78, 5) is 45.4. The highest BCUT2D eigenvalue weighted by molar-refractivity contribution is 5.68. The van der Waals surface area contributed by atoms with E-state index < -0.39 is 54.4 Å². The summed E-state index contributed by atoms with van der Waals surface area (Å²) in [5.74, 6) is -2.54. The van der Waals surface area contributed by atoms with Gasteiger partial charge < -0.3 is 23.7 Å². The van der Waals surface area contributed by atoms with Gasteiger partial charge in [-0.3, -0.25) is 19.2 Å². The van der Waals surface area contributed by atoms with Crippen molar-refractivity contribution >= 4 is 23.9 Å². The maximum absolute atomic E-state index is 11.5. The van der Waals surface area contributed by atoms with E-state index in [9.17, 15) is 19.2 Å². The molecule has 0 aromatic carbocycles. The third kappa shape index (κ3) is 6.18. The molecule has 0 aromatic rings. The first-order valence-corrected chi connectivity index (χ1v) is 7.58. The van der Waals surface area contributed by atoms with Gasteiger partial charge in [0.05, 0.1) is 0 Å². The van der Waals surface area contributed by atoms with Gasteiger partial charge in [-0.2, -0.15) is 0 Å². The lowest BCUT2D eigenvalue weighted by molar-refractivity contribution is -0.244. The van der Waals surface area contributed by atoms with Crippen molar-refractivity contribution in [2.24, 2.45) is 0 Å². The number of ether oxygens (including phenoxy) is 5. The lowest BCUT2D eigenvalue weighted by Crippen LogP contribution is -2.61. The van der Waals surface area contributed by atoms with Gasteiger partial charge in [-0.25, -0.2) is 0 Å². The van der Waals surface area contributed by atoms with E-state index >= 15 is 0 Å². The molecule has 0 radical (unpaired) electrons. The maximum Gasteiger partial charge on any atom is 0.303 e. The van der Waals surface area contributed by atoms with Gasteiger partial charge in [0.15, 0.2) is 18.3 Å². The molecule has 1 saturated heterocycles. The second kappa shape index (κ2) is 9.16. The van der Waals surface area contributed by atoms with E-state index in [4.69, 9.17) is 23.7 Å². The van der Waals surface area contributed by atoms with Crippen molar-refractivity contribution in [1.82, 2.24) is 0 Å². The largest absolute Gasteiger partial charge is 0.463 e. The third-order valence-electron chi connectivity index (χ3n) is 3.26. The molecule has 0 saturated carbocycles. The standard InChI is InChI=1S/C16H22O9/c1-6-12-14(22-9(3)18)16(24-11(5)20)15(23-10(4)19)13(25-12)7-21-8(2)17/h6,12-16H,1,7H2,2-5H3/t12-,13+,14-,15+,16+/m0/s1. The second-order valence-corrected chi connectivity index (χ2v) is 5.40. The van der Waals surface area contributed by atoms with Crippen LogP contribution in [-0.2, 0) is 42.9 Å². The summed E-state index contributed by atoms with van der Waals surface area (Å²) in [6.45, 7) is 8.06. The molecular formula is C16H22O9. The first-order valence-electron chi connectivity index (χ1n) is 7.58. The molecule has 1 fully saturated rings. The summed E-state index contributed by atoms with van der Waals surface area (Å²) in [5, 5.41) is 0. The number of hydrogen-bond donors (Lipinski definition) is 0. The maximum atomic E-state index is 11.5. The van der Waals surface area contributed by atoms with Crippen LogP contribution in [0.4, 0.5) is 0 Å². The summed E-state index contributed by atoms with van der Waals surface area (Å²) < 4.78 is 26.2. The van der Waals surface area contributed by atoms with Crippen LogP contribution >= 0.6 is 0 Å². The lowest BCUT2D eigenvalue weighted by Gasteiger charge is -2.43. The van der Waals surface area contributed by atoms with Crippen molar-refractivity contribution in [3.05, 3.63) is 12.7 Å². The lowest BCUT2D eigenvalue weighted by atomic mass is 9.94. The van der Waals surface area contributed by atoms with Gasteiger partial charge in [-0.05, 0) is 0 Å². The topological polar surface area (TPSA) is 114 Å². The molecule has 25 heavy (non-hydrogen) atoms. The Morgan fingerprint density at radius 2 is 1.32 bits per heavy atom. The molecule has 140 valence electrons. The van der Waals surface area contributed by atoms with Gasteiger partial charge >= 0.3 is 23.9 Å². The number of carbonyl (C=O) groups excluding carboxylic acids is 4. The van der Waals surface area contributed by atoms with Crippen LogP contribution in [0, 0.1) is 0 Å². The van der Waals surface area contributed by atoms with Gasteiger partial charge in [-0.1, -0.05) is 6.08 Å². The van der Waals surface area contributed by atoms with E-state index in [0.29, 0.717) is 0 Å². The smallest absolute Gasteiger partial charge is 0.303 e. The zero-order chi connectivity index (χ0) is 19.1. The van der Waals surface area contributed by atoms with E-state index in [0.717, 1.165) is 13.8 Å². The Bertz CT molecular complexity index is 542. The summed E-state index contributed by atoms with van der Waals surface area (Å²) in [6.07, 6.45) is -3.80. The van der Waals surface area contributed by atoms with E-state index in [1.165, 1.54) is 19.9 Å². The molecule has 1 aliphatic heterocycles. The molecule has 0 bridgehead atoms. The summed E-state index contributed by atoms with van der Waals surface area (Å²) in [5.41, 5.74) is 0. The second-order valence-electron chi connectivity index (χ2n) is 5.40. The van der Waals surface area contributed by atoms with Crippen molar-refractivity contribution in [2.75, 3.05) is 6.61 Å². The Hall–Kier alpha value is -2.42. The minimum absolute atomic E-state index is 0.248. The number of hydrogen-bond acceptors (Lipinski definition) is 9. The van der Waals surface area contributed by atoms with E-state index in [2.05, 4.69) is 6.58 Å². The van der Waals surface area contributed by atoms with E-state index in [-0.39, 0.29) is 6.61 Å². The minimum atomic E-state index is -1.15. The number of rotatable bonds is 6. The fourth-order valence-electron chi connectivity index (χ4n) is 2.45. The van der Waals surface area contributed by atoms with Crippen LogP contribution in [0.25, 0.3) is 0 Å². The highest BCUT2D eigenvalue weighted by Crippen LogP contribution is 2.29. The molecule has 0 unspecified atom stereocenters. The van der Waals surface area contributed by atoms with Crippen LogP contribution in [0.15, 0.2) is 12.7 Å². The summed E-state index contributed by atoms with van der Waals surface area (Å²) >= 11 is 0. The first kappa shape index (κ1) is 20.6. The fraction of sp³-hybridized carbons (Fsp3) is 0.625. The van der Waals surface area contributed by atoms with E-state index in [1.807, 2.05) is 0 Å². The zero-order valence-corrected chi connectivity index (χ0v) is 14.6. The monoisotopic (exact) mass is 358 g/mol. The Kier molecular flexibility index (Phi) is 7.56. The molecule has 0 amide bonds. The van der Waals surface area contributed by atoms with Crippen LogP contribution in [0.2, 0.25) is 0 Å². The first-order chi connectivity index (χ1) is 11.6. The molecule has 9 nitrogen and oxygen atoms in total. The summed E-state index contributed by atoms with van der Waals surface area (Å²) in [7, 11) is 0. The molecule has 0 N–H and O–H groups in total. The van der Waals surface area contributed by atoms with Crippen LogP contribution in [-0.4, -0.2) is 61.0 Å². The van der Waals surface area contributed by atoms with Gasteiger partial charge in [0.1, 0.15) is 18.8 Å². The van der Waals surface area contributed by atoms with Gasteiger partial charge in [0.25, 0.3) is 0 Å².